The maximum absolute atomic E-state index is 12.6. The van der Waals surface area contributed by atoms with Gasteiger partial charge in [-0.3, -0.25) is 9.59 Å². The SMILES string of the molecule is COc1cccc(C(=O)N2CCC(C(=O)NC3CCN(C)CC3)C2)c1. The monoisotopic (exact) mass is 345 g/mol. The van der Waals surface area contributed by atoms with Crippen molar-refractivity contribution in [1.29, 1.82) is 0 Å². The number of hydrogen-bond acceptors (Lipinski definition) is 4. The number of methoxy groups -OCH3 is 1. The third-order valence-electron chi connectivity index (χ3n) is 5.23. The molecule has 2 aliphatic rings. The zero-order valence-corrected chi connectivity index (χ0v) is 15.0. The van der Waals surface area contributed by atoms with Crippen molar-refractivity contribution >= 4 is 11.8 Å². The summed E-state index contributed by atoms with van der Waals surface area (Å²) >= 11 is 0. The van der Waals surface area contributed by atoms with Gasteiger partial charge in [-0.2, -0.15) is 0 Å². The van der Waals surface area contributed by atoms with Crippen LogP contribution in [0.5, 0.6) is 5.75 Å². The van der Waals surface area contributed by atoms with Crippen molar-refractivity contribution in [3.8, 4) is 5.75 Å². The second kappa shape index (κ2) is 7.87. The molecule has 1 atom stereocenters. The summed E-state index contributed by atoms with van der Waals surface area (Å²) in [5.74, 6) is 0.625. The van der Waals surface area contributed by atoms with Gasteiger partial charge in [0.1, 0.15) is 5.75 Å². The Balaban J connectivity index is 1.53. The molecular weight excluding hydrogens is 318 g/mol. The number of piperidine rings is 1. The van der Waals surface area contributed by atoms with Crippen molar-refractivity contribution in [3.05, 3.63) is 29.8 Å². The van der Waals surface area contributed by atoms with Gasteiger partial charge >= 0.3 is 0 Å². The molecule has 0 aromatic heterocycles. The number of likely N-dealkylation sites (tertiary alicyclic amines) is 2. The molecule has 2 saturated heterocycles. The normalized spacial score (nSPS) is 22.0. The number of hydrogen-bond donors (Lipinski definition) is 1. The number of carbonyl (C=O) groups is 2. The Morgan fingerprint density at radius 3 is 2.64 bits per heavy atom. The molecule has 1 aromatic rings. The number of carbonyl (C=O) groups excluding carboxylic acids is 2. The fraction of sp³-hybridized carbons (Fsp3) is 0.579. The molecule has 1 N–H and O–H groups in total. The van der Waals surface area contributed by atoms with E-state index in [1.165, 1.54) is 0 Å². The van der Waals surface area contributed by atoms with Crippen molar-refractivity contribution in [1.82, 2.24) is 15.1 Å². The zero-order chi connectivity index (χ0) is 17.8. The summed E-state index contributed by atoms with van der Waals surface area (Å²) in [6.45, 7) is 3.17. The van der Waals surface area contributed by atoms with Gasteiger partial charge in [-0.25, -0.2) is 0 Å². The molecule has 2 heterocycles. The van der Waals surface area contributed by atoms with Gasteiger partial charge in [0.05, 0.1) is 13.0 Å². The summed E-state index contributed by atoms with van der Waals surface area (Å²) < 4.78 is 5.18. The molecule has 3 rings (SSSR count). The second-order valence-corrected chi connectivity index (χ2v) is 7.05. The first-order valence-corrected chi connectivity index (χ1v) is 8.99. The third-order valence-corrected chi connectivity index (χ3v) is 5.23. The lowest BCUT2D eigenvalue weighted by Crippen LogP contribution is -2.45. The van der Waals surface area contributed by atoms with Gasteiger partial charge in [-0.05, 0) is 57.6 Å². The van der Waals surface area contributed by atoms with Crippen molar-refractivity contribution in [2.24, 2.45) is 5.92 Å². The number of ether oxygens (including phenoxy) is 1. The maximum Gasteiger partial charge on any atom is 0.254 e. The molecule has 2 amide bonds. The Kier molecular flexibility index (Phi) is 5.58. The van der Waals surface area contributed by atoms with E-state index in [1.54, 1.807) is 24.1 Å². The predicted molar refractivity (Wildman–Crippen MR) is 95.7 cm³/mol. The van der Waals surface area contributed by atoms with E-state index < -0.39 is 0 Å². The quantitative estimate of drug-likeness (QED) is 0.895. The van der Waals surface area contributed by atoms with Crippen molar-refractivity contribution < 1.29 is 14.3 Å². The molecule has 1 aromatic carbocycles. The number of nitrogens with one attached hydrogen (secondary N) is 1. The Morgan fingerprint density at radius 2 is 1.92 bits per heavy atom. The topological polar surface area (TPSA) is 61.9 Å². The smallest absolute Gasteiger partial charge is 0.254 e. The Morgan fingerprint density at radius 1 is 1.16 bits per heavy atom. The summed E-state index contributed by atoms with van der Waals surface area (Å²) in [7, 11) is 3.69. The molecule has 2 aliphatic heterocycles. The molecule has 0 aliphatic carbocycles. The molecule has 136 valence electrons. The highest BCUT2D eigenvalue weighted by Gasteiger charge is 2.32. The number of benzene rings is 1. The highest BCUT2D eigenvalue weighted by atomic mass is 16.5. The van der Waals surface area contributed by atoms with E-state index in [0.29, 0.717) is 24.4 Å². The molecule has 0 bridgehead atoms. The number of rotatable bonds is 4. The standard InChI is InChI=1S/C19H27N3O3/c1-21-9-7-16(8-10-21)20-18(23)15-6-11-22(13-15)19(24)14-4-3-5-17(12-14)25-2/h3-5,12,15-16H,6-11,13H2,1-2H3,(H,20,23). The summed E-state index contributed by atoms with van der Waals surface area (Å²) in [4.78, 5) is 29.2. The van der Waals surface area contributed by atoms with E-state index in [-0.39, 0.29) is 23.8 Å². The summed E-state index contributed by atoms with van der Waals surface area (Å²) in [6, 6.07) is 7.43. The average Bonchev–Trinajstić information content (AvgIpc) is 3.13. The lowest BCUT2D eigenvalue weighted by molar-refractivity contribution is -0.125. The Hall–Kier alpha value is -2.08. The van der Waals surface area contributed by atoms with Crippen LogP contribution in [0.1, 0.15) is 29.6 Å². The van der Waals surface area contributed by atoms with Crippen LogP contribution in [-0.2, 0) is 4.79 Å². The van der Waals surface area contributed by atoms with E-state index in [4.69, 9.17) is 4.74 Å². The molecule has 6 heteroatoms. The van der Waals surface area contributed by atoms with Gasteiger partial charge in [0, 0.05) is 24.7 Å². The molecule has 2 fully saturated rings. The molecule has 25 heavy (non-hydrogen) atoms. The molecule has 1 unspecified atom stereocenters. The second-order valence-electron chi connectivity index (χ2n) is 7.05. The first kappa shape index (κ1) is 17.7. The average molecular weight is 345 g/mol. The van der Waals surface area contributed by atoms with E-state index in [9.17, 15) is 9.59 Å². The van der Waals surface area contributed by atoms with E-state index in [2.05, 4.69) is 17.3 Å². The lowest BCUT2D eigenvalue weighted by atomic mass is 10.0. The molecular formula is C19H27N3O3. The minimum Gasteiger partial charge on any atom is -0.497 e. The van der Waals surface area contributed by atoms with Gasteiger partial charge in [-0.1, -0.05) is 6.07 Å². The predicted octanol–water partition coefficient (Wildman–Crippen LogP) is 1.37. The highest BCUT2D eigenvalue weighted by molar-refractivity contribution is 5.95. The van der Waals surface area contributed by atoms with Crippen LogP contribution in [0.2, 0.25) is 0 Å². The summed E-state index contributed by atoms with van der Waals surface area (Å²) in [5.41, 5.74) is 0.607. The van der Waals surface area contributed by atoms with Crippen LogP contribution in [0.15, 0.2) is 24.3 Å². The van der Waals surface area contributed by atoms with Crippen LogP contribution in [0, 0.1) is 5.92 Å². The minimum absolute atomic E-state index is 0.0338. The largest absolute Gasteiger partial charge is 0.497 e. The van der Waals surface area contributed by atoms with Crippen LogP contribution in [0.3, 0.4) is 0 Å². The van der Waals surface area contributed by atoms with Gasteiger partial charge in [-0.15, -0.1) is 0 Å². The van der Waals surface area contributed by atoms with Crippen LogP contribution in [0.25, 0.3) is 0 Å². The van der Waals surface area contributed by atoms with E-state index >= 15 is 0 Å². The van der Waals surface area contributed by atoms with Gasteiger partial charge in [0.25, 0.3) is 5.91 Å². The number of amides is 2. The summed E-state index contributed by atoms with van der Waals surface area (Å²) in [5, 5.41) is 3.18. The van der Waals surface area contributed by atoms with Gasteiger partial charge in [0.2, 0.25) is 5.91 Å². The lowest BCUT2D eigenvalue weighted by Gasteiger charge is -2.30. The molecule has 0 radical (unpaired) electrons. The van der Waals surface area contributed by atoms with Crippen LogP contribution < -0.4 is 10.1 Å². The summed E-state index contributed by atoms with van der Waals surface area (Å²) in [6.07, 6.45) is 2.73. The van der Waals surface area contributed by atoms with Crippen LogP contribution in [-0.4, -0.2) is 68.0 Å². The Bertz CT molecular complexity index is 626. The van der Waals surface area contributed by atoms with Crippen LogP contribution >= 0.6 is 0 Å². The molecule has 6 nitrogen and oxygen atoms in total. The van der Waals surface area contributed by atoms with E-state index in [1.807, 2.05) is 12.1 Å². The fourth-order valence-corrected chi connectivity index (χ4v) is 3.57. The maximum atomic E-state index is 12.6. The van der Waals surface area contributed by atoms with Crippen molar-refractivity contribution in [2.75, 3.05) is 40.3 Å². The highest BCUT2D eigenvalue weighted by Crippen LogP contribution is 2.21. The minimum atomic E-state index is -0.103. The molecule has 0 spiro atoms. The number of nitrogens with zero attached hydrogens (tertiary/aromatic N) is 2. The van der Waals surface area contributed by atoms with Crippen molar-refractivity contribution in [3.63, 3.8) is 0 Å². The zero-order valence-electron chi connectivity index (χ0n) is 15.0. The van der Waals surface area contributed by atoms with E-state index in [0.717, 1.165) is 32.4 Å². The Labute approximate surface area is 149 Å². The van der Waals surface area contributed by atoms with Crippen LogP contribution in [0.4, 0.5) is 0 Å². The molecule has 0 saturated carbocycles. The fourth-order valence-electron chi connectivity index (χ4n) is 3.57. The van der Waals surface area contributed by atoms with Gasteiger partial charge in [0.15, 0.2) is 0 Å². The first-order chi connectivity index (χ1) is 12.1. The van der Waals surface area contributed by atoms with Crippen molar-refractivity contribution in [2.45, 2.75) is 25.3 Å². The van der Waals surface area contributed by atoms with Gasteiger partial charge < -0.3 is 19.9 Å². The first-order valence-electron chi connectivity index (χ1n) is 8.99. The third kappa shape index (κ3) is 4.31.